The van der Waals surface area contributed by atoms with Crippen LogP contribution in [0.5, 0.6) is 0 Å². The van der Waals surface area contributed by atoms with Crippen LogP contribution in [0.3, 0.4) is 0 Å². The van der Waals surface area contributed by atoms with Crippen LogP contribution in [0.2, 0.25) is 0 Å². The van der Waals surface area contributed by atoms with E-state index in [9.17, 15) is 0 Å². The van der Waals surface area contributed by atoms with Gasteiger partial charge in [-0.1, -0.05) is 78.1 Å². The van der Waals surface area contributed by atoms with Crippen molar-refractivity contribution in [2.75, 3.05) is 78.9 Å². The fraction of sp³-hybridized carbons (Fsp3) is 1.00. The smallest absolute Gasteiger partial charge is 0.0701 e. The second-order valence-corrected chi connectivity index (χ2v) is 9.06. The highest BCUT2D eigenvalue weighted by molar-refractivity contribution is 4.61. The molecule has 0 aliphatic carbocycles. The molecule has 5 nitrogen and oxygen atoms in total. The van der Waals surface area contributed by atoms with E-state index in [0.717, 1.165) is 52.6 Å². The summed E-state index contributed by atoms with van der Waals surface area (Å²) in [4.78, 5) is 5.04. The van der Waals surface area contributed by atoms with Gasteiger partial charge >= 0.3 is 0 Å². The first-order chi connectivity index (χ1) is 15.4. The summed E-state index contributed by atoms with van der Waals surface area (Å²) in [7, 11) is 0. The number of rotatable bonds is 14. The van der Waals surface area contributed by atoms with Crippen LogP contribution in [0.15, 0.2) is 0 Å². The van der Waals surface area contributed by atoms with Gasteiger partial charge in [-0.3, -0.25) is 9.80 Å². The van der Waals surface area contributed by atoms with Gasteiger partial charge < -0.3 is 14.2 Å². The number of hydrogen-bond acceptors (Lipinski definition) is 5. The van der Waals surface area contributed by atoms with Crippen LogP contribution in [0.25, 0.3) is 0 Å². The molecule has 186 valence electrons. The Morgan fingerprint density at radius 3 is 1.13 bits per heavy atom. The fourth-order valence-corrected chi connectivity index (χ4v) is 4.10. The van der Waals surface area contributed by atoms with E-state index < -0.39 is 0 Å². The lowest BCUT2D eigenvalue weighted by Crippen LogP contribution is -2.34. The standard InChI is InChI=1S/C26H54N2O3/c1-3-5-7-9-11-13-15-27-17-21-29-22-18-28(16-14-12-10-8-6-4-2)20-24-31-26-25-30-23-19-27/h3-26H2,1-2H3. The van der Waals surface area contributed by atoms with Crippen molar-refractivity contribution in [1.82, 2.24) is 9.80 Å². The van der Waals surface area contributed by atoms with Crippen molar-refractivity contribution in [3.8, 4) is 0 Å². The van der Waals surface area contributed by atoms with Crippen molar-refractivity contribution in [2.24, 2.45) is 0 Å². The molecular formula is C26H54N2O3. The average Bonchev–Trinajstić information content (AvgIpc) is 2.79. The molecule has 0 unspecified atom stereocenters. The second-order valence-electron chi connectivity index (χ2n) is 9.06. The first kappa shape index (κ1) is 28.8. The quantitative estimate of drug-likeness (QED) is 0.338. The minimum absolute atomic E-state index is 0.707. The van der Waals surface area contributed by atoms with Crippen molar-refractivity contribution in [1.29, 1.82) is 0 Å². The molecule has 1 aliphatic heterocycles. The van der Waals surface area contributed by atoms with Gasteiger partial charge in [0.15, 0.2) is 0 Å². The Balaban J connectivity index is 2.26. The molecule has 0 spiro atoms. The monoisotopic (exact) mass is 442 g/mol. The zero-order valence-electron chi connectivity index (χ0n) is 21.1. The van der Waals surface area contributed by atoms with Gasteiger partial charge in [0.2, 0.25) is 0 Å². The molecule has 0 N–H and O–H groups in total. The Morgan fingerprint density at radius 1 is 0.419 bits per heavy atom. The maximum atomic E-state index is 6.02. The zero-order chi connectivity index (χ0) is 22.2. The Labute approximate surface area is 194 Å². The lowest BCUT2D eigenvalue weighted by molar-refractivity contribution is 0.0320. The Bertz CT molecular complexity index is 326. The van der Waals surface area contributed by atoms with Gasteiger partial charge in [-0.2, -0.15) is 0 Å². The number of ether oxygens (including phenoxy) is 3. The van der Waals surface area contributed by atoms with Crippen molar-refractivity contribution in [3.63, 3.8) is 0 Å². The van der Waals surface area contributed by atoms with E-state index in [0.29, 0.717) is 13.2 Å². The fourth-order valence-electron chi connectivity index (χ4n) is 4.10. The van der Waals surface area contributed by atoms with Crippen molar-refractivity contribution in [2.45, 2.75) is 90.9 Å². The third kappa shape index (κ3) is 19.0. The number of nitrogens with zero attached hydrogens (tertiary/aromatic N) is 2. The summed E-state index contributed by atoms with van der Waals surface area (Å²) in [5.74, 6) is 0. The van der Waals surface area contributed by atoms with Gasteiger partial charge in [0, 0.05) is 26.2 Å². The van der Waals surface area contributed by atoms with Crippen LogP contribution in [0, 0.1) is 0 Å². The molecule has 0 amide bonds. The van der Waals surface area contributed by atoms with E-state index in [1.807, 2.05) is 0 Å². The van der Waals surface area contributed by atoms with E-state index in [-0.39, 0.29) is 0 Å². The molecule has 1 fully saturated rings. The van der Waals surface area contributed by atoms with Crippen LogP contribution in [0.1, 0.15) is 90.9 Å². The van der Waals surface area contributed by atoms with Crippen LogP contribution in [-0.2, 0) is 14.2 Å². The van der Waals surface area contributed by atoms with Crippen LogP contribution < -0.4 is 0 Å². The summed E-state index contributed by atoms with van der Waals surface area (Å²) in [6.07, 6.45) is 16.2. The second kappa shape index (κ2) is 23.0. The highest BCUT2D eigenvalue weighted by Gasteiger charge is 2.08. The van der Waals surface area contributed by atoms with Gasteiger partial charge in [0.1, 0.15) is 0 Å². The van der Waals surface area contributed by atoms with Crippen molar-refractivity contribution >= 4 is 0 Å². The van der Waals surface area contributed by atoms with Gasteiger partial charge in [0.05, 0.1) is 39.6 Å². The summed E-state index contributed by atoms with van der Waals surface area (Å²) in [6.45, 7) is 15.6. The lowest BCUT2D eigenvalue weighted by Gasteiger charge is -2.23. The van der Waals surface area contributed by atoms with E-state index in [1.54, 1.807) is 0 Å². The summed E-state index contributed by atoms with van der Waals surface area (Å²) in [5, 5.41) is 0. The van der Waals surface area contributed by atoms with E-state index >= 15 is 0 Å². The predicted molar refractivity (Wildman–Crippen MR) is 132 cm³/mol. The Hall–Kier alpha value is -0.200. The molecule has 0 aromatic carbocycles. The molecule has 1 heterocycles. The SMILES string of the molecule is CCCCCCCCN1CCOCCOCCN(CCCCCCCC)CCOCC1. The zero-order valence-corrected chi connectivity index (χ0v) is 21.1. The molecule has 1 rings (SSSR count). The van der Waals surface area contributed by atoms with Crippen LogP contribution in [-0.4, -0.2) is 88.7 Å². The predicted octanol–water partition coefficient (Wildman–Crippen LogP) is 5.37. The molecule has 0 bridgehead atoms. The highest BCUT2D eigenvalue weighted by atomic mass is 16.5. The van der Waals surface area contributed by atoms with Gasteiger partial charge in [-0.15, -0.1) is 0 Å². The Kier molecular flexibility index (Phi) is 21.4. The highest BCUT2D eigenvalue weighted by Crippen LogP contribution is 2.07. The van der Waals surface area contributed by atoms with Gasteiger partial charge in [-0.25, -0.2) is 0 Å². The molecule has 0 atom stereocenters. The van der Waals surface area contributed by atoms with Crippen molar-refractivity contribution < 1.29 is 14.2 Å². The summed E-state index contributed by atoms with van der Waals surface area (Å²) in [6, 6.07) is 0. The normalized spacial score (nSPS) is 19.2. The first-order valence-electron chi connectivity index (χ1n) is 13.5. The van der Waals surface area contributed by atoms with E-state index in [1.165, 1.54) is 90.1 Å². The van der Waals surface area contributed by atoms with Crippen LogP contribution >= 0.6 is 0 Å². The molecule has 0 saturated carbocycles. The van der Waals surface area contributed by atoms with E-state index in [4.69, 9.17) is 14.2 Å². The summed E-state index contributed by atoms with van der Waals surface area (Å²) >= 11 is 0. The lowest BCUT2D eigenvalue weighted by atomic mass is 10.1. The maximum absolute atomic E-state index is 6.02. The van der Waals surface area contributed by atoms with Gasteiger partial charge in [-0.05, 0) is 25.9 Å². The average molecular weight is 443 g/mol. The van der Waals surface area contributed by atoms with Crippen LogP contribution in [0.4, 0.5) is 0 Å². The third-order valence-electron chi connectivity index (χ3n) is 6.24. The molecule has 0 radical (unpaired) electrons. The molecular weight excluding hydrogens is 388 g/mol. The topological polar surface area (TPSA) is 34.2 Å². The Morgan fingerprint density at radius 2 is 0.742 bits per heavy atom. The van der Waals surface area contributed by atoms with E-state index in [2.05, 4.69) is 23.6 Å². The summed E-state index contributed by atoms with van der Waals surface area (Å²) < 4.78 is 17.7. The molecule has 1 saturated heterocycles. The maximum Gasteiger partial charge on any atom is 0.0701 e. The van der Waals surface area contributed by atoms with Crippen molar-refractivity contribution in [3.05, 3.63) is 0 Å². The van der Waals surface area contributed by atoms with Gasteiger partial charge in [0.25, 0.3) is 0 Å². The molecule has 0 aromatic heterocycles. The molecule has 31 heavy (non-hydrogen) atoms. The number of hydrogen-bond donors (Lipinski definition) is 0. The largest absolute Gasteiger partial charge is 0.379 e. The molecule has 5 heteroatoms. The minimum Gasteiger partial charge on any atom is -0.379 e. The molecule has 0 aromatic rings. The third-order valence-corrected chi connectivity index (χ3v) is 6.24. The number of unbranched alkanes of at least 4 members (excludes halogenated alkanes) is 10. The molecule has 1 aliphatic rings. The minimum atomic E-state index is 0.707. The first-order valence-corrected chi connectivity index (χ1v) is 13.5. The summed E-state index contributed by atoms with van der Waals surface area (Å²) in [5.41, 5.74) is 0.